The summed E-state index contributed by atoms with van der Waals surface area (Å²) in [6.45, 7) is 4.54. The molecular weight excluding hydrogens is 110 g/mol. The van der Waals surface area contributed by atoms with Crippen molar-refractivity contribution in [2.24, 2.45) is 0 Å². The first kappa shape index (κ1) is 6.60. The van der Waals surface area contributed by atoms with Gasteiger partial charge in [-0.1, -0.05) is 6.30 Å². The van der Waals surface area contributed by atoms with Crippen LogP contribution in [0.25, 0.3) is 0 Å². The second-order valence-corrected chi connectivity index (χ2v) is 5.18. The fourth-order valence-corrected chi connectivity index (χ4v) is 1.80. The van der Waals surface area contributed by atoms with E-state index in [0.717, 1.165) is 0 Å². The van der Waals surface area contributed by atoms with Crippen LogP contribution in [0.3, 0.4) is 0 Å². The Morgan fingerprint density at radius 3 is 2.17 bits per heavy atom. The van der Waals surface area contributed by atoms with Crippen LogP contribution in [0.5, 0.6) is 0 Å². The molecule has 36 valence electrons. The highest BCUT2D eigenvalue weighted by Crippen LogP contribution is 2.28. The van der Waals surface area contributed by atoms with Crippen molar-refractivity contribution in [2.45, 2.75) is 0 Å². The minimum atomic E-state index is 0.325. The number of hydrogen-bond donors (Lipinski definition) is 0. The molecule has 0 amide bonds. The van der Waals surface area contributed by atoms with Crippen molar-refractivity contribution in [1.82, 2.24) is 0 Å². The molecule has 0 fully saturated rings. The van der Waals surface area contributed by atoms with Crippen LogP contribution in [-0.4, -0.2) is 25.5 Å². The van der Waals surface area contributed by atoms with Crippen LogP contribution in [0.4, 0.5) is 0 Å². The maximum absolute atomic E-state index is 3.71. The average molecular weight is 120 g/mol. The summed E-state index contributed by atoms with van der Waals surface area (Å²) < 4.78 is 0. The summed E-state index contributed by atoms with van der Waals surface area (Å²) in [5.41, 5.74) is 0. The van der Waals surface area contributed by atoms with E-state index in [1.807, 2.05) is 0 Å². The van der Waals surface area contributed by atoms with E-state index in [1.165, 1.54) is 14.1 Å². The average Bonchev–Trinajstić information content (AvgIpc) is 1.35. The van der Waals surface area contributed by atoms with E-state index >= 15 is 0 Å². The first-order chi connectivity index (χ1) is 2.77. The zero-order valence-electron chi connectivity index (χ0n) is 4.31. The summed E-state index contributed by atoms with van der Waals surface area (Å²) in [5, 5.41) is 0. The van der Waals surface area contributed by atoms with Gasteiger partial charge in [0.05, 0.1) is 0 Å². The summed E-state index contributed by atoms with van der Waals surface area (Å²) >= 11 is 0. The molecular formula is C4H10P2. The van der Waals surface area contributed by atoms with E-state index in [2.05, 4.69) is 19.6 Å². The molecule has 0 aliphatic rings. The summed E-state index contributed by atoms with van der Waals surface area (Å²) in [7, 11) is 1.63. The van der Waals surface area contributed by atoms with Crippen molar-refractivity contribution in [3.05, 3.63) is 0 Å². The molecule has 0 rings (SSSR count). The Labute approximate surface area is 42.5 Å². The Morgan fingerprint density at radius 1 is 1.67 bits per heavy atom. The smallest absolute Gasteiger partial charge is 0.00873 e. The highest BCUT2D eigenvalue weighted by Gasteiger charge is 1.81. The first-order valence-electron chi connectivity index (χ1n) is 1.84. The molecule has 0 radical (unpaired) electrons. The molecule has 0 saturated carbocycles. The Kier molecular flexibility index (Phi) is 4.16. The fourth-order valence-electron chi connectivity index (χ4n) is 0.200. The van der Waals surface area contributed by atoms with Crippen LogP contribution in [0.1, 0.15) is 0 Å². The van der Waals surface area contributed by atoms with Crippen molar-refractivity contribution < 1.29 is 0 Å². The van der Waals surface area contributed by atoms with Gasteiger partial charge in [0, 0.05) is 5.90 Å². The van der Waals surface area contributed by atoms with Crippen LogP contribution in [0.2, 0.25) is 0 Å². The van der Waals surface area contributed by atoms with Crippen molar-refractivity contribution in [3.63, 3.8) is 0 Å². The van der Waals surface area contributed by atoms with Gasteiger partial charge in [-0.05, 0) is 13.3 Å². The molecule has 0 N–H and O–H groups in total. The summed E-state index contributed by atoms with van der Waals surface area (Å²) in [4.78, 5) is 0. The summed E-state index contributed by atoms with van der Waals surface area (Å²) in [6.07, 6.45) is 3.71. The molecule has 0 aromatic carbocycles. The van der Waals surface area contributed by atoms with Crippen molar-refractivity contribution in [2.75, 3.05) is 19.2 Å². The van der Waals surface area contributed by atoms with Crippen molar-refractivity contribution in [1.29, 1.82) is 0 Å². The molecule has 0 aromatic heterocycles. The molecule has 0 heterocycles. The van der Waals surface area contributed by atoms with Gasteiger partial charge in [0.15, 0.2) is 0 Å². The zero-order valence-corrected chi connectivity index (χ0v) is 6.10. The Bertz CT molecular complexity index is 40.8. The van der Waals surface area contributed by atoms with E-state index < -0.39 is 0 Å². The van der Waals surface area contributed by atoms with E-state index in [4.69, 9.17) is 0 Å². The number of hydrogen-bond acceptors (Lipinski definition) is 0. The van der Waals surface area contributed by atoms with Gasteiger partial charge in [0.25, 0.3) is 0 Å². The lowest BCUT2D eigenvalue weighted by Gasteiger charge is -1.93. The Hall–Kier alpha value is 0.600. The molecule has 0 spiro atoms. The molecule has 0 saturated heterocycles. The maximum atomic E-state index is 3.71. The third-order valence-electron chi connectivity index (χ3n) is 0.383. The second-order valence-electron chi connectivity index (χ2n) is 1.44. The lowest BCUT2D eigenvalue weighted by atomic mass is 11.8. The van der Waals surface area contributed by atoms with E-state index in [1.54, 1.807) is 0 Å². The monoisotopic (exact) mass is 120 g/mol. The number of rotatable bonds is 2. The zero-order chi connectivity index (χ0) is 4.99. The SMILES string of the molecule is C=PCP(C)C. The lowest BCUT2D eigenvalue weighted by Crippen LogP contribution is -1.62. The topological polar surface area (TPSA) is 0 Å². The quantitative estimate of drug-likeness (QED) is 0.489. The van der Waals surface area contributed by atoms with Gasteiger partial charge >= 0.3 is 0 Å². The predicted octanol–water partition coefficient (Wildman–Crippen LogP) is 2.06. The summed E-state index contributed by atoms with van der Waals surface area (Å²) in [5.74, 6) is 1.30. The first-order valence-corrected chi connectivity index (χ1v) is 5.53. The van der Waals surface area contributed by atoms with Crippen LogP contribution in [0, 0.1) is 0 Å². The van der Waals surface area contributed by atoms with Gasteiger partial charge in [-0.25, -0.2) is 0 Å². The highest BCUT2D eigenvalue weighted by molar-refractivity contribution is 7.66. The van der Waals surface area contributed by atoms with Crippen LogP contribution in [0.15, 0.2) is 0 Å². The molecule has 0 nitrogen and oxygen atoms in total. The molecule has 0 aromatic rings. The highest BCUT2D eigenvalue weighted by atomic mass is 31.2. The minimum Gasteiger partial charge on any atom is -0.108 e. The van der Waals surface area contributed by atoms with Gasteiger partial charge in [-0.15, -0.1) is 16.1 Å². The third-order valence-corrected chi connectivity index (χ3v) is 3.45. The molecule has 0 aliphatic heterocycles. The van der Waals surface area contributed by atoms with Gasteiger partial charge < -0.3 is 0 Å². The van der Waals surface area contributed by atoms with Gasteiger partial charge in [0.2, 0.25) is 0 Å². The molecule has 0 unspecified atom stereocenters. The van der Waals surface area contributed by atoms with Crippen LogP contribution < -0.4 is 0 Å². The molecule has 0 bridgehead atoms. The minimum absolute atomic E-state index is 0.325. The van der Waals surface area contributed by atoms with E-state index in [-0.39, 0.29) is 0 Å². The normalized spacial score (nSPS) is 10.5. The third kappa shape index (κ3) is 4.60. The van der Waals surface area contributed by atoms with E-state index in [9.17, 15) is 0 Å². The molecule has 2 heteroatoms. The van der Waals surface area contributed by atoms with Crippen molar-refractivity contribution >= 4 is 22.4 Å². The summed E-state index contributed by atoms with van der Waals surface area (Å²) in [6, 6.07) is 0. The van der Waals surface area contributed by atoms with Gasteiger partial charge in [-0.3, -0.25) is 0 Å². The molecule has 6 heavy (non-hydrogen) atoms. The lowest BCUT2D eigenvalue weighted by molar-refractivity contribution is 2.05. The Balaban J connectivity index is 2.81. The van der Waals surface area contributed by atoms with Crippen LogP contribution >= 0.6 is 16.1 Å². The predicted molar refractivity (Wildman–Crippen MR) is 37.7 cm³/mol. The standard InChI is InChI=1S/C4H10P2/c1-5-4-6(2)3/h1,4H2,2-3H3. The van der Waals surface area contributed by atoms with Crippen molar-refractivity contribution in [3.8, 4) is 0 Å². The Morgan fingerprint density at radius 2 is 2.17 bits per heavy atom. The van der Waals surface area contributed by atoms with Crippen LogP contribution in [-0.2, 0) is 0 Å². The largest absolute Gasteiger partial charge is 0.108 e. The fraction of sp³-hybridized carbons (Fsp3) is 0.750. The maximum Gasteiger partial charge on any atom is 0.00873 e. The molecule has 0 aliphatic carbocycles. The van der Waals surface area contributed by atoms with Gasteiger partial charge in [-0.2, -0.15) is 0 Å². The van der Waals surface area contributed by atoms with Gasteiger partial charge in [0.1, 0.15) is 0 Å². The van der Waals surface area contributed by atoms with E-state index in [0.29, 0.717) is 7.92 Å². The molecule has 0 atom stereocenters. The second kappa shape index (κ2) is 3.78.